The third-order valence-corrected chi connectivity index (χ3v) is 6.72. The Bertz CT molecular complexity index is 1380. The highest BCUT2D eigenvalue weighted by molar-refractivity contribution is 9.10. The van der Waals surface area contributed by atoms with E-state index in [9.17, 15) is 14.7 Å². The molecule has 1 atom stereocenters. The fourth-order valence-electron chi connectivity index (χ4n) is 3.66. The molecule has 0 saturated heterocycles. The quantitative estimate of drug-likeness (QED) is 0.359. The smallest absolute Gasteiger partial charge is 0.296 e. The number of carbonyl (C=O) groups excluding carboxylic acids is 2. The molecule has 5 rings (SSSR count). The van der Waals surface area contributed by atoms with Crippen LogP contribution in [0.25, 0.3) is 10.2 Å². The van der Waals surface area contributed by atoms with Crippen LogP contribution in [0.1, 0.15) is 22.2 Å². The summed E-state index contributed by atoms with van der Waals surface area (Å²) in [6.07, 6.45) is 1.37. The van der Waals surface area contributed by atoms with Gasteiger partial charge < -0.3 is 14.3 Å². The highest BCUT2D eigenvalue weighted by atomic mass is 79.9. The van der Waals surface area contributed by atoms with Crippen LogP contribution >= 0.6 is 27.3 Å². The molecule has 0 radical (unpaired) electrons. The van der Waals surface area contributed by atoms with Gasteiger partial charge in [0.25, 0.3) is 5.91 Å². The van der Waals surface area contributed by atoms with Crippen molar-refractivity contribution in [3.05, 3.63) is 88.0 Å². The topological polar surface area (TPSA) is 92.9 Å². The molecule has 2 aromatic heterocycles. The summed E-state index contributed by atoms with van der Waals surface area (Å²) >= 11 is 4.68. The minimum absolute atomic E-state index is 0.0392. The number of aliphatic hydroxyl groups is 1. The van der Waals surface area contributed by atoms with Crippen molar-refractivity contribution < 1.29 is 23.8 Å². The van der Waals surface area contributed by atoms with E-state index in [0.717, 1.165) is 9.17 Å². The van der Waals surface area contributed by atoms with Gasteiger partial charge in [-0.05, 0) is 48.0 Å². The summed E-state index contributed by atoms with van der Waals surface area (Å²) in [4.78, 5) is 32.4. The molecular weight excluding hydrogens is 496 g/mol. The average Bonchev–Trinajstić information content (AvgIpc) is 3.52. The molecule has 0 saturated carbocycles. The van der Waals surface area contributed by atoms with Crippen LogP contribution < -0.4 is 9.64 Å². The third kappa shape index (κ3) is 3.30. The Morgan fingerprint density at radius 1 is 1.22 bits per heavy atom. The summed E-state index contributed by atoms with van der Waals surface area (Å²) < 4.78 is 12.2. The van der Waals surface area contributed by atoms with Gasteiger partial charge in [0.1, 0.15) is 5.75 Å². The van der Waals surface area contributed by atoms with Crippen molar-refractivity contribution in [1.29, 1.82) is 0 Å². The van der Waals surface area contributed by atoms with E-state index in [1.54, 1.807) is 37.4 Å². The van der Waals surface area contributed by atoms with Gasteiger partial charge in [0.05, 0.1) is 35.2 Å². The Morgan fingerprint density at radius 2 is 2.00 bits per heavy atom. The van der Waals surface area contributed by atoms with Gasteiger partial charge in [-0.2, -0.15) is 0 Å². The maximum absolute atomic E-state index is 13.2. The second kappa shape index (κ2) is 7.92. The number of rotatable bonds is 5. The van der Waals surface area contributed by atoms with Gasteiger partial charge in [0.15, 0.2) is 16.7 Å². The van der Waals surface area contributed by atoms with Gasteiger partial charge in [-0.15, -0.1) is 0 Å². The van der Waals surface area contributed by atoms with Crippen molar-refractivity contribution in [3.8, 4) is 5.75 Å². The van der Waals surface area contributed by atoms with E-state index in [1.807, 2.05) is 18.2 Å². The lowest BCUT2D eigenvalue weighted by Crippen LogP contribution is -2.30. The van der Waals surface area contributed by atoms with E-state index < -0.39 is 23.5 Å². The number of ether oxygens (including phenoxy) is 1. The maximum Gasteiger partial charge on any atom is 0.296 e. The SMILES string of the molecule is COc1ccc2nc(N3C(=O)C(O)=C(C(=O)c4ccco4)C3c3ccc(Br)cc3)sc2c1. The number of amides is 1. The van der Waals surface area contributed by atoms with Crippen LogP contribution in [0.5, 0.6) is 5.75 Å². The summed E-state index contributed by atoms with van der Waals surface area (Å²) in [5, 5.41) is 11.1. The monoisotopic (exact) mass is 510 g/mol. The number of anilines is 1. The number of halogens is 1. The predicted molar refractivity (Wildman–Crippen MR) is 123 cm³/mol. The molecule has 1 amide bonds. The van der Waals surface area contributed by atoms with Gasteiger partial charge in [-0.25, -0.2) is 4.98 Å². The zero-order chi connectivity index (χ0) is 22.4. The summed E-state index contributed by atoms with van der Waals surface area (Å²) in [6, 6.07) is 14.8. The number of furan rings is 1. The number of methoxy groups -OCH3 is 1. The lowest BCUT2D eigenvalue weighted by molar-refractivity contribution is -0.117. The second-order valence-electron chi connectivity index (χ2n) is 7.03. The highest BCUT2D eigenvalue weighted by Crippen LogP contribution is 2.44. The molecule has 4 aromatic rings. The van der Waals surface area contributed by atoms with E-state index in [-0.39, 0.29) is 11.3 Å². The Kier molecular flexibility index (Phi) is 5.07. The van der Waals surface area contributed by atoms with Crippen molar-refractivity contribution >= 4 is 54.3 Å². The molecule has 1 N–H and O–H groups in total. The van der Waals surface area contributed by atoms with Crippen molar-refractivity contribution in [1.82, 2.24) is 4.98 Å². The number of carbonyl (C=O) groups is 2. The van der Waals surface area contributed by atoms with Gasteiger partial charge in [0.2, 0.25) is 5.78 Å². The van der Waals surface area contributed by atoms with E-state index in [1.165, 1.54) is 28.6 Å². The van der Waals surface area contributed by atoms with Crippen LogP contribution in [0.3, 0.4) is 0 Å². The van der Waals surface area contributed by atoms with E-state index in [0.29, 0.717) is 22.0 Å². The Balaban J connectivity index is 1.67. The van der Waals surface area contributed by atoms with Crippen molar-refractivity contribution in [2.45, 2.75) is 6.04 Å². The first-order valence-corrected chi connectivity index (χ1v) is 11.1. The molecule has 1 aliphatic rings. The fraction of sp³-hybridized carbons (Fsp3) is 0.0870. The number of benzene rings is 2. The summed E-state index contributed by atoms with van der Waals surface area (Å²) in [7, 11) is 1.57. The van der Waals surface area contributed by atoms with E-state index >= 15 is 0 Å². The van der Waals surface area contributed by atoms with Crippen LogP contribution in [-0.2, 0) is 4.79 Å². The first kappa shape index (κ1) is 20.5. The highest BCUT2D eigenvalue weighted by Gasteiger charge is 2.46. The summed E-state index contributed by atoms with van der Waals surface area (Å²) in [6.45, 7) is 0. The largest absolute Gasteiger partial charge is 0.503 e. The minimum atomic E-state index is -0.865. The van der Waals surface area contributed by atoms with Gasteiger partial charge >= 0.3 is 0 Å². The Hall–Kier alpha value is -3.43. The van der Waals surface area contributed by atoms with Gasteiger partial charge in [0, 0.05) is 4.47 Å². The number of aliphatic hydroxyl groups excluding tert-OH is 1. The first-order valence-electron chi connectivity index (χ1n) is 9.53. The number of nitrogens with zero attached hydrogens (tertiary/aromatic N) is 2. The maximum atomic E-state index is 13.2. The van der Waals surface area contributed by atoms with Gasteiger partial charge in [-0.1, -0.05) is 39.4 Å². The van der Waals surface area contributed by atoms with Crippen molar-refractivity contribution in [3.63, 3.8) is 0 Å². The number of fused-ring (bicyclic) bond motifs is 1. The molecule has 0 spiro atoms. The van der Waals surface area contributed by atoms with E-state index in [4.69, 9.17) is 9.15 Å². The lowest BCUT2D eigenvalue weighted by Gasteiger charge is -2.24. The molecule has 3 heterocycles. The summed E-state index contributed by atoms with van der Waals surface area (Å²) in [5.74, 6) is -1.16. The minimum Gasteiger partial charge on any atom is -0.503 e. The molecule has 1 unspecified atom stereocenters. The number of Topliss-reactive ketones (excluding diaryl/α,β-unsaturated/α-hetero) is 1. The van der Waals surface area contributed by atoms with Crippen LogP contribution in [0.4, 0.5) is 5.13 Å². The normalized spacial score (nSPS) is 16.2. The molecule has 32 heavy (non-hydrogen) atoms. The first-order chi connectivity index (χ1) is 15.5. The average molecular weight is 511 g/mol. The lowest BCUT2D eigenvalue weighted by atomic mass is 9.95. The van der Waals surface area contributed by atoms with Crippen molar-refractivity contribution in [2.24, 2.45) is 0 Å². The number of ketones is 1. The zero-order valence-corrected chi connectivity index (χ0v) is 19.0. The summed E-state index contributed by atoms with van der Waals surface area (Å²) in [5.41, 5.74) is 1.28. The Morgan fingerprint density at radius 3 is 2.69 bits per heavy atom. The standard InChI is InChI=1S/C23H15BrN2O5S/c1-30-14-8-9-15-17(11-14)32-23(25-15)26-19(12-4-6-13(24)7-5-12)18(21(28)22(26)29)20(27)16-3-2-10-31-16/h2-11,19,28H,1H3. The molecule has 2 aromatic carbocycles. The third-order valence-electron chi connectivity index (χ3n) is 5.17. The molecule has 9 heteroatoms. The van der Waals surface area contributed by atoms with E-state index in [2.05, 4.69) is 20.9 Å². The van der Waals surface area contributed by atoms with Crippen LogP contribution in [0.15, 0.2) is 81.1 Å². The van der Waals surface area contributed by atoms with Crippen molar-refractivity contribution in [2.75, 3.05) is 12.0 Å². The number of aromatic nitrogens is 1. The van der Waals surface area contributed by atoms with Crippen LogP contribution in [-0.4, -0.2) is 28.9 Å². The molecule has 0 bridgehead atoms. The zero-order valence-electron chi connectivity index (χ0n) is 16.6. The molecule has 1 aliphatic heterocycles. The number of hydrogen-bond donors (Lipinski definition) is 1. The molecule has 7 nitrogen and oxygen atoms in total. The molecular formula is C23H15BrN2O5S. The number of thiazole rings is 1. The Labute approximate surface area is 194 Å². The molecule has 0 fully saturated rings. The number of hydrogen-bond acceptors (Lipinski definition) is 7. The fourth-order valence-corrected chi connectivity index (χ4v) is 4.94. The molecule has 160 valence electrons. The van der Waals surface area contributed by atoms with Crippen LogP contribution in [0.2, 0.25) is 0 Å². The van der Waals surface area contributed by atoms with Gasteiger partial charge in [-0.3, -0.25) is 14.5 Å². The second-order valence-corrected chi connectivity index (χ2v) is 8.95. The molecule has 0 aliphatic carbocycles. The van der Waals surface area contributed by atoms with Crippen LogP contribution in [0, 0.1) is 0 Å². The predicted octanol–water partition coefficient (Wildman–Crippen LogP) is 5.44.